The van der Waals surface area contributed by atoms with Gasteiger partial charge in [-0.1, -0.05) is 24.1 Å². The molecule has 0 aromatic heterocycles. The molecule has 0 amide bonds. The quantitative estimate of drug-likeness (QED) is 0.436. The van der Waals surface area contributed by atoms with Gasteiger partial charge in [-0.25, -0.2) is 8.42 Å². The minimum absolute atomic E-state index is 0.168. The molecular weight excluding hydrogens is 284 g/mol. The van der Waals surface area contributed by atoms with Crippen molar-refractivity contribution in [1.82, 2.24) is 0 Å². The molecule has 0 aliphatic rings. The van der Waals surface area contributed by atoms with Crippen LogP contribution in [-0.4, -0.2) is 30.9 Å². The third kappa shape index (κ3) is 3.86. The zero-order chi connectivity index (χ0) is 16.2. The molecule has 0 radical (unpaired) electrons. The average molecular weight is 302 g/mol. The Morgan fingerprint density at radius 1 is 1.15 bits per heavy atom. The minimum atomic E-state index is -4.14. The largest absolute Gasteiger partial charge is 0.281 e. The number of nitrogens with zero attached hydrogens (tertiary/aromatic N) is 6. The first-order valence-electron chi connectivity index (χ1n) is 5.75. The Labute approximate surface area is 117 Å². The van der Waals surface area contributed by atoms with Gasteiger partial charge in [-0.3, -0.25) is 4.79 Å². The normalized spacial score (nSPS) is 13.8. The fourth-order valence-electron chi connectivity index (χ4n) is 1.32. The Balaban J connectivity index is 5.81. The van der Waals surface area contributed by atoms with Crippen LogP contribution < -0.4 is 0 Å². The Kier molecular flexibility index (Phi) is 5.59. The Morgan fingerprint density at radius 3 is 2.00 bits per heavy atom. The molecule has 0 saturated heterocycles. The van der Waals surface area contributed by atoms with Gasteiger partial charge in [-0.05, 0) is 37.2 Å². The van der Waals surface area contributed by atoms with Crippen molar-refractivity contribution >= 4 is 15.0 Å². The molecule has 0 fully saturated rings. The maximum atomic E-state index is 12.2. The standard InChI is InChI=1S/C10H18N6O3S/c1-9(2,3)20(18,19)8(17)7(14-16-12)10(4,5)6-13-15-11/h7H,6H2,1-5H3. The van der Waals surface area contributed by atoms with Gasteiger partial charge in [0, 0.05) is 16.4 Å². The summed E-state index contributed by atoms with van der Waals surface area (Å²) in [6.45, 7) is 6.97. The second-order valence-corrected chi connectivity index (χ2v) is 8.55. The van der Waals surface area contributed by atoms with Crippen molar-refractivity contribution < 1.29 is 13.2 Å². The van der Waals surface area contributed by atoms with Crippen LogP contribution >= 0.6 is 0 Å². The highest BCUT2D eigenvalue weighted by Crippen LogP contribution is 2.30. The van der Waals surface area contributed by atoms with E-state index in [4.69, 9.17) is 11.1 Å². The van der Waals surface area contributed by atoms with E-state index in [-0.39, 0.29) is 6.54 Å². The van der Waals surface area contributed by atoms with E-state index in [9.17, 15) is 13.2 Å². The first kappa shape index (κ1) is 18.2. The van der Waals surface area contributed by atoms with Crippen LogP contribution in [0.4, 0.5) is 0 Å². The highest BCUT2D eigenvalue weighted by molar-refractivity contribution is 8.07. The fourth-order valence-corrected chi connectivity index (χ4v) is 2.59. The predicted molar refractivity (Wildman–Crippen MR) is 74.4 cm³/mol. The topological polar surface area (TPSA) is 149 Å². The van der Waals surface area contributed by atoms with Crippen LogP contribution in [0.2, 0.25) is 0 Å². The highest BCUT2D eigenvalue weighted by atomic mass is 32.2. The number of rotatable bonds is 5. The molecule has 0 heterocycles. The summed E-state index contributed by atoms with van der Waals surface area (Å²) in [7, 11) is -4.14. The molecular formula is C10H18N6O3S. The molecule has 1 atom stereocenters. The number of sulfone groups is 1. The molecule has 10 heteroatoms. The summed E-state index contributed by atoms with van der Waals surface area (Å²) in [6.07, 6.45) is 0. The Bertz CT molecular complexity index is 577. The highest BCUT2D eigenvalue weighted by Gasteiger charge is 2.45. The molecule has 9 nitrogen and oxygen atoms in total. The van der Waals surface area contributed by atoms with Crippen molar-refractivity contribution in [3.8, 4) is 0 Å². The van der Waals surface area contributed by atoms with E-state index in [1.54, 1.807) is 0 Å². The summed E-state index contributed by atoms with van der Waals surface area (Å²) in [5, 5.41) is 5.45. The van der Waals surface area contributed by atoms with Crippen molar-refractivity contribution in [2.24, 2.45) is 15.6 Å². The zero-order valence-corrected chi connectivity index (χ0v) is 12.9. The number of hydrogen-bond donors (Lipinski definition) is 0. The summed E-state index contributed by atoms with van der Waals surface area (Å²) in [5.41, 5.74) is 15.8. The molecule has 0 aromatic carbocycles. The van der Waals surface area contributed by atoms with Gasteiger partial charge >= 0.3 is 0 Å². The lowest BCUT2D eigenvalue weighted by Crippen LogP contribution is -2.46. The molecule has 0 bridgehead atoms. The summed E-state index contributed by atoms with van der Waals surface area (Å²) < 4.78 is 23.0. The molecule has 0 N–H and O–H groups in total. The first-order chi connectivity index (χ1) is 8.91. The molecule has 1 unspecified atom stereocenters. The van der Waals surface area contributed by atoms with Gasteiger partial charge in [0.1, 0.15) is 6.04 Å². The summed E-state index contributed by atoms with van der Waals surface area (Å²) in [5.74, 6) is 0. The van der Waals surface area contributed by atoms with E-state index in [2.05, 4.69) is 20.1 Å². The fraction of sp³-hybridized carbons (Fsp3) is 0.900. The van der Waals surface area contributed by atoms with Gasteiger partial charge in [-0.15, -0.1) is 0 Å². The summed E-state index contributed by atoms with van der Waals surface area (Å²) in [4.78, 5) is 17.3. The van der Waals surface area contributed by atoms with E-state index >= 15 is 0 Å². The lowest BCUT2D eigenvalue weighted by Gasteiger charge is -2.30. The van der Waals surface area contributed by atoms with E-state index in [1.165, 1.54) is 34.6 Å². The van der Waals surface area contributed by atoms with Crippen molar-refractivity contribution in [2.75, 3.05) is 6.54 Å². The maximum Gasteiger partial charge on any atom is 0.256 e. The predicted octanol–water partition coefficient (Wildman–Crippen LogP) is 2.74. The van der Waals surface area contributed by atoms with Crippen LogP contribution in [0.5, 0.6) is 0 Å². The molecule has 0 aromatic rings. The minimum Gasteiger partial charge on any atom is -0.281 e. The van der Waals surface area contributed by atoms with E-state index in [0.29, 0.717) is 0 Å². The van der Waals surface area contributed by atoms with Crippen LogP contribution in [0.1, 0.15) is 34.6 Å². The lowest BCUT2D eigenvalue weighted by molar-refractivity contribution is -0.115. The smallest absolute Gasteiger partial charge is 0.256 e. The van der Waals surface area contributed by atoms with Crippen LogP contribution in [-0.2, 0) is 14.6 Å². The van der Waals surface area contributed by atoms with Gasteiger partial charge < -0.3 is 0 Å². The van der Waals surface area contributed by atoms with Crippen LogP contribution in [0.15, 0.2) is 10.2 Å². The zero-order valence-electron chi connectivity index (χ0n) is 12.1. The molecule has 0 spiro atoms. The van der Waals surface area contributed by atoms with Crippen molar-refractivity contribution in [1.29, 1.82) is 0 Å². The van der Waals surface area contributed by atoms with Gasteiger partial charge in [-0.2, -0.15) is 0 Å². The van der Waals surface area contributed by atoms with Crippen LogP contribution in [0.25, 0.3) is 20.9 Å². The SMILES string of the molecule is CC(C)(CN=[N+]=[N-])C(N=[N+]=[N-])C(=O)S(=O)(=O)C(C)(C)C. The lowest BCUT2D eigenvalue weighted by atomic mass is 9.86. The van der Waals surface area contributed by atoms with Gasteiger partial charge in [0.25, 0.3) is 5.12 Å². The molecule has 0 saturated carbocycles. The number of carbonyl (C=O) groups excluding carboxylic acids is 1. The molecule has 0 rings (SSSR count). The Morgan fingerprint density at radius 2 is 1.65 bits per heavy atom. The van der Waals surface area contributed by atoms with Crippen LogP contribution in [0, 0.1) is 5.41 Å². The van der Waals surface area contributed by atoms with E-state index in [0.717, 1.165) is 0 Å². The van der Waals surface area contributed by atoms with Crippen molar-refractivity contribution in [3.63, 3.8) is 0 Å². The molecule has 0 aliphatic heterocycles. The van der Waals surface area contributed by atoms with Gasteiger partial charge in [0.15, 0.2) is 0 Å². The van der Waals surface area contributed by atoms with Crippen LogP contribution in [0.3, 0.4) is 0 Å². The van der Waals surface area contributed by atoms with E-state index in [1.807, 2.05) is 0 Å². The number of carbonyl (C=O) groups is 1. The van der Waals surface area contributed by atoms with Gasteiger partial charge in [0.2, 0.25) is 9.84 Å². The average Bonchev–Trinajstić information content (AvgIpc) is 2.31. The molecule has 0 aliphatic carbocycles. The van der Waals surface area contributed by atoms with Crippen molar-refractivity contribution in [3.05, 3.63) is 20.9 Å². The second kappa shape index (κ2) is 6.13. The van der Waals surface area contributed by atoms with Crippen molar-refractivity contribution in [2.45, 2.75) is 45.4 Å². The Hall–Kier alpha value is -1.76. The summed E-state index contributed by atoms with van der Waals surface area (Å²) in [6, 6.07) is -1.46. The van der Waals surface area contributed by atoms with Gasteiger partial charge in [0.05, 0.1) is 4.75 Å². The number of hydrogen-bond acceptors (Lipinski definition) is 5. The number of azide groups is 2. The molecule has 20 heavy (non-hydrogen) atoms. The maximum absolute atomic E-state index is 12.2. The second-order valence-electron chi connectivity index (χ2n) is 5.92. The third-order valence-electron chi connectivity index (χ3n) is 2.74. The summed E-state index contributed by atoms with van der Waals surface area (Å²) >= 11 is 0. The molecule has 112 valence electrons. The first-order valence-corrected chi connectivity index (χ1v) is 7.23. The monoisotopic (exact) mass is 302 g/mol. The third-order valence-corrected chi connectivity index (χ3v) is 5.11. The van der Waals surface area contributed by atoms with E-state index < -0.39 is 31.2 Å².